The van der Waals surface area contributed by atoms with Gasteiger partial charge in [-0.15, -0.1) is 21.5 Å². The molecule has 4 rings (SSSR count). The smallest absolute Gasteiger partial charge is 0.338 e. The lowest BCUT2D eigenvalue weighted by Gasteiger charge is -2.32. The van der Waals surface area contributed by atoms with Crippen LogP contribution in [0.4, 0.5) is 26.3 Å². The fourth-order valence-corrected chi connectivity index (χ4v) is 4.90. The molecule has 11 heteroatoms. The monoisotopic (exact) mass is 499 g/mol. The van der Waals surface area contributed by atoms with E-state index in [0.29, 0.717) is 36.4 Å². The molecule has 0 aliphatic carbocycles. The number of hydrogen-bond acceptors (Lipinski definition) is 4. The fraction of sp³-hybridized carbons (Fsp3) is 0.348. The normalized spacial score (nSPS) is 17.1. The van der Waals surface area contributed by atoms with Crippen molar-refractivity contribution in [2.45, 2.75) is 37.5 Å². The second-order valence-electron chi connectivity index (χ2n) is 8.08. The number of alkyl halides is 6. The summed E-state index contributed by atoms with van der Waals surface area (Å²) in [4.78, 5) is 14.2. The van der Waals surface area contributed by atoms with Crippen LogP contribution < -0.4 is 0 Å². The van der Waals surface area contributed by atoms with Gasteiger partial charge in [0.2, 0.25) is 0 Å². The van der Waals surface area contributed by atoms with E-state index in [0.717, 1.165) is 10.6 Å². The minimum Gasteiger partial charge on any atom is -0.338 e. The average molecular weight is 499 g/mol. The summed E-state index contributed by atoms with van der Waals surface area (Å²) in [6.45, 7) is 0.388. The van der Waals surface area contributed by atoms with E-state index in [1.807, 2.05) is 30.3 Å². The van der Waals surface area contributed by atoms with Crippen LogP contribution in [0.1, 0.15) is 55.8 Å². The van der Waals surface area contributed by atoms with Crippen molar-refractivity contribution in [2.75, 3.05) is 13.1 Å². The lowest BCUT2D eigenvalue weighted by molar-refractivity contribution is -0.143. The van der Waals surface area contributed by atoms with Gasteiger partial charge in [-0.3, -0.25) is 4.79 Å². The molecule has 2 aromatic carbocycles. The molecule has 4 nitrogen and oxygen atoms in total. The van der Waals surface area contributed by atoms with E-state index in [2.05, 4.69) is 10.2 Å². The van der Waals surface area contributed by atoms with Crippen LogP contribution in [-0.4, -0.2) is 34.1 Å². The predicted molar refractivity (Wildman–Crippen MR) is 113 cm³/mol. The number of nitrogens with zero attached hydrogens (tertiary/aromatic N) is 3. The third-order valence-electron chi connectivity index (χ3n) is 5.57. The molecule has 3 aromatic rings. The van der Waals surface area contributed by atoms with E-state index in [1.165, 1.54) is 16.2 Å². The highest BCUT2D eigenvalue weighted by Gasteiger charge is 2.38. The summed E-state index contributed by atoms with van der Waals surface area (Å²) < 4.78 is 79.1. The molecule has 0 N–H and O–H groups in total. The molecule has 34 heavy (non-hydrogen) atoms. The maximum absolute atomic E-state index is 13.2. The van der Waals surface area contributed by atoms with E-state index >= 15 is 0 Å². The maximum Gasteiger partial charge on any atom is 0.416 e. The van der Waals surface area contributed by atoms with E-state index in [1.54, 1.807) is 0 Å². The topological polar surface area (TPSA) is 46.1 Å². The van der Waals surface area contributed by atoms with Crippen molar-refractivity contribution in [3.05, 3.63) is 80.8 Å². The highest BCUT2D eigenvalue weighted by molar-refractivity contribution is 7.11. The van der Waals surface area contributed by atoms with Gasteiger partial charge in [0.05, 0.1) is 11.1 Å². The molecule has 1 aromatic heterocycles. The first-order chi connectivity index (χ1) is 16.0. The van der Waals surface area contributed by atoms with Crippen LogP contribution in [0.2, 0.25) is 0 Å². The van der Waals surface area contributed by atoms with Crippen molar-refractivity contribution < 1.29 is 31.1 Å². The summed E-state index contributed by atoms with van der Waals surface area (Å²) in [5, 5.41) is 9.92. The van der Waals surface area contributed by atoms with Gasteiger partial charge in [-0.1, -0.05) is 30.3 Å². The first kappa shape index (κ1) is 24.2. The van der Waals surface area contributed by atoms with Crippen molar-refractivity contribution in [1.29, 1.82) is 0 Å². The molecule has 0 radical (unpaired) electrons. The molecule has 1 aliphatic heterocycles. The van der Waals surface area contributed by atoms with Crippen LogP contribution in [-0.2, 0) is 18.8 Å². The fourth-order valence-electron chi connectivity index (χ4n) is 3.90. The number of hydrogen-bond donors (Lipinski definition) is 0. The molecule has 1 aliphatic rings. The van der Waals surface area contributed by atoms with Gasteiger partial charge in [-0.25, -0.2) is 0 Å². The number of carbonyl (C=O) groups excluding carboxylic acids is 1. The van der Waals surface area contributed by atoms with Gasteiger partial charge < -0.3 is 4.90 Å². The van der Waals surface area contributed by atoms with E-state index in [9.17, 15) is 31.1 Å². The molecule has 1 atom stereocenters. The second-order valence-corrected chi connectivity index (χ2v) is 9.17. The number of piperidine rings is 1. The largest absolute Gasteiger partial charge is 0.416 e. The molecular formula is C23H19F6N3OS. The number of likely N-dealkylation sites (tertiary alicyclic amines) is 1. The Labute approximate surface area is 195 Å². The predicted octanol–water partition coefficient (Wildman–Crippen LogP) is 6.19. The highest BCUT2D eigenvalue weighted by Crippen LogP contribution is 2.37. The zero-order chi connectivity index (χ0) is 24.5. The second kappa shape index (κ2) is 9.36. The zero-order valence-electron chi connectivity index (χ0n) is 17.7. The number of carbonyl (C=O) groups is 1. The van der Waals surface area contributed by atoms with Crippen molar-refractivity contribution in [1.82, 2.24) is 15.1 Å². The summed E-state index contributed by atoms with van der Waals surface area (Å²) in [6, 6.07) is 10.6. The Morgan fingerprint density at radius 2 is 1.62 bits per heavy atom. The zero-order valence-corrected chi connectivity index (χ0v) is 18.5. The van der Waals surface area contributed by atoms with Gasteiger partial charge in [0.1, 0.15) is 10.0 Å². The Hall–Kier alpha value is -2.95. The molecule has 0 saturated carbocycles. The maximum atomic E-state index is 13.2. The van der Waals surface area contributed by atoms with Crippen molar-refractivity contribution in [2.24, 2.45) is 0 Å². The Morgan fingerprint density at radius 3 is 2.24 bits per heavy atom. The molecule has 1 unspecified atom stereocenters. The Bertz CT molecular complexity index is 1130. The van der Waals surface area contributed by atoms with Crippen LogP contribution in [0.15, 0.2) is 48.5 Å². The minimum atomic E-state index is -5.01. The van der Waals surface area contributed by atoms with E-state index in [-0.39, 0.29) is 25.1 Å². The molecule has 0 spiro atoms. The number of amides is 1. The van der Waals surface area contributed by atoms with Crippen LogP contribution in [0, 0.1) is 0 Å². The molecular weight excluding hydrogens is 480 g/mol. The standard InChI is InChI=1S/C23H19F6N3OS/c24-22(25,26)17-10-16(11-18(12-17)23(27,28)29)21(33)32-8-4-7-15(13-32)20-31-30-19(34-20)9-14-5-2-1-3-6-14/h1-3,5-6,10-12,15H,4,7-9,13H2. The van der Waals surface area contributed by atoms with Gasteiger partial charge in [0.25, 0.3) is 5.91 Å². The van der Waals surface area contributed by atoms with Crippen molar-refractivity contribution >= 4 is 17.2 Å². The molecule has 1 saturated heterocycles. The Morgan fingerprint density at radius 1 is 0.971 bits per heavy atom. The molecule has 0 bridgehead atoms. The van der Waals surface area contributed by atoms with Gasteiger partial charge in [-0.05, 0) is 36.6 Å². The lowest BCUT2D eigenvalue weighted by atomic mass is 9.97. The Kier molecular flexibility index (Phi) is 6.66. The van der Waals surface area contributed by atoms with Crippen LogP contribution in [0.25, 0.3) is 0 Å². The van der Waals surface area contributed by atoms with E-state index in [4.69, 9.17) is 0 Å². The van der Waals surface area contributed by atoms with Gasteiger partial charge in [-0.2, -0.15) is 26.3 Å². The molecule has 180 valence electrons. The average Bonchev–Trinajstić information content (AvgIpc) is 3.26. The number of aromatic nitrogens is 2. The summed E-state index contributed by atoms with van der Waals surface area (Å²) in [5.41, 5.74) is -2.58. The van der Waals surface area contributed by atoms with Crippen LogP contribution in [0.3, 0.4) is 0 Å². The molecule has 1 fully saturated rings. The third kappa shape index (κ3) is 5.57. The number of rotatable bonds is 4. The SMILES string of the molecule is O=C(c1cc(C(F)(F)F)cc(C(F)(F)F)c1)N1CCCC(c2nnc(Cc3ccccc3)s2)C1. The highest BCUT2D eigenvalue weighted by atomic mass is 32.1. The van der Waals surface area contributed by atoms with Gasteiger partial charge in [0, 0.05) is 31.0 Å². The molecule has 2 heterocycles. The van der Waals surface area contributed by atoms with Crippen LogP contribution in [0.5, 0.6) is 0 Å². The van der Waals surface area contributed by atoms with Gasteiger partial charge >= 0.3 is 12.4 Å². The Balaban J connectivity index is 1.53. The number of benzene rings is 2. The van der Waals surface area contributed by atoms with E-state index < -0.39 is 35.0 Å². The van der Waals surface area contributed by atoms with Gasteiger partial charge in [0.15, 0.2) is 0 Å². The first-order valence-corrected chi connectivity index (χ1v) is 11.3. The molecule has 1 amide bonds. The lowest BCUT2D eigenvalue weighted by Crippen LogP contribution is -2.39. The number of halogens is 6. The van der Waals surface area contributed by atoms with Crippen molar-refractivity contribution in [3.8, 4) is 0 Å². The first-order valence-electron chi connectivity index (χ1n) is 10.5. The quantitative estimate of drug-likeness (QED) is 0.403. The summed E-state index contributed by atoms with van der Waals surface area (Å²) in [6.07, 6.45) is -8.18. The van der Waals surface area contributed by atoms with Crippen molar-refractivity contribution in [3.63, 3.8) is 0 Å². The summed E-state index contributed by atoms with van der Waals surface area (Å²) in [7, 11) is 0. The summed E-state index contributed by atoms with van der Waals surface area (Å²) >= 11 is 1.40. The third-order valence-corrected chi connectivity index (χ3v) is 6.66. The summed E-state index contributed by atoms with van der Waals surface area (Å²) in [5.74, 6) is -1.05. The minimum absolute atomic E-state index is 0.0191. The van der Waals surface area contributed by atoms with Crippen LogP contribution >= 0.6 is 11.3 Å².